The van der Waals surface area contributed by atoms with Gasteiger partial charge in [0.15, 0.2) is 5.78 Å². The molecule has 0 bridgehead atoms. The molecule has 0 heterocycles. The molecule has 2 aliphatic carbocycles. The average Bonchev–Trinajstić information content (AvgIpc) is 2.31. The van der Waals surface area contributed by atoms with Crippen LogP contribution < -0.4 is 0 Å². The van der Waals surface area contributed by atoms with E-state index in [0.29, 0.717) is 6.42 Å². The maximum absolute atomic E-state index is 11.8. The Morgan fingerprint density at radius 1 is 1.38 bits per heavy atom. The van der Waals surface area contributed by atoms with Crippen LogP contribution in [-0.2, 0) is 9.59 Å². The van der Waals surface area contributed by atoms with Crippen molar-refractivity contribution in [3.63, 3.8) is 0 Å². The fourth-order valence-corrected chi connectivity index (χ4v) is 2.46. The molecule has 2 rings (SSSR count). The second-order valence-electron chi connectivity index (χ2n) is 4.27. The Balaban J connectivity index is 2.47. The Morgan fingerprint density at radius 2 is 2.08 bits per heavy atom. The van der Waals surface area contributed by atoms with Gasteiger partial charge in [-0.3, -0.25) is 9.59 Å². The topological polar surface area (TPSA) is 34.1 Å². The molecule has 0 aromatic rings. The van der Waals surface area contributed by atoms with E-state index in [1.807, 2.05) is 13.8 Å². The monoisotopic (exact) mass is 178 g/mol. The van der Waals surface area contributed by atoms with E-state index in [-0.39, 0.29) is 17.5 Å². The van der Waals surface area contributed by atoms with Gasteiger partial charge in [-0.05, 0) is 25.8 Å². The minimum atomic E-state index is -0.449. The molecule has 0 saturated heterocycles. The van der Waals surface area contributed by atoms with Gasteiger partial charge >= 0.3 is 0 Å². The number of carbonyl (C=O) groups is 2. The Hall–Kier alpha value is -0.920. The molecule has 2 aliphatic rings. The Kier molecular flexibility index (Phi) is 1.69. The highest BCUT2D eigenvalue weighted by atomic mass is 16.1. The van der Waals surface area contributed by atoms with Gasteiger partial charge in [0, 0.05) is 12.3 Å². The summed E-state index contributed by atoms with van der Waals surface area (Å²) in [5, 5.41) is 0. The Morgan fingerprint density at radius 3 is 2.69 bits per heavy atom. The number of hydrogen-bond donors (Lipinski definition) is 0. The van der Waals surface area contributed by atoms with Crippen molar-refractivity contribution in [1.29, 1.82) is 0 Å². The first-order valence-electron chi connectivity index (χ1n) is 4.85. The molecule has 0 N–H and O–H groups in total. The summed E-state index contributed by atoms with van der Waals surface area (Å²) < 4.78 is 0. The van der Waals surface area contributed by atoms with Gasteiger partial charge in [-0.2, -0.15) is 0 Å². The van der Waals surface area contributed by atoms with Crippen molar-refractivity contribution in [2.45, 2.75) is 33.1 Å². The molecular weight excluding hydrogens is 164 g/mol. The van der Waals surface area contributed by atoms with E-state index in [9.17, 15) is 9.59 Å². The highest BCUT2D eigenvalue weighted by molar-refractivity contribution is 6.04. The van der Waals surface area contributed by atoms with Crippen LogP contribution >= 0.6 is 0 Å². The number of rotatable bonds is 0. The summed E-state index contributed by atoms with van der Waals surface area (Å²) in [6.45, 7) is 3.80. The van der Waals surface area contributed by atoms with Gasteiger partial charge in [-0.25, -0.2) is 0 Å². The van der Waals surface area contributed by atoms with Gasteiger partial charge in [-0.1, -0.05) is 12.5 Å². The quantitative estimate of drug-likeness (QED) is 0.567. The molecule has 2 nitrogen and oxygen atoms in total. The van der Waals surface area contributed by atoms with E-state index >= 15 is 0 Å². The summed E-state index contributed by atoms with van der Waals surface area (Å²) in [6.07, 6.45) is 4.19. The van der Waals surface area contributed by atoms with E-state index in [2.05, 4.69) is 0 Å². The van der Waals surface area contributed by atoms with E-state index in [4.69, 9.17) is 0 Å². The van der Waals surface area contributed by atoms with Crippen LogP contribution in [0.4, 0.5) is 0 Å². The number of carbonyl (C=O) groups excluding carboxylic acids is 2. The normalized spacial score (nSPS) is 38.9. The van der Waals surface area contributed by atoms with Crippen molar-refractivity contribution in [2.24, 2.45) is 11.3 Å². The van der Waals surface area contributed by atoms with Crippen molar-refractivity contribution < 1.29 is 9.59 Å². The second-order valence-corrected chi connectivity index (χ2v) is 4.27. The SMILES string of the molecule is CC1C(=O)C=C2CCCC(=O)C21C. The molecule has 0 radical (unpaired) electrons. The van der Waals surface area contributed by atoms with E-state index < -0.39 is 5.41 Å². The molecule has 0 aromatic carbocycles. The van der Waals surface area contributed by atoms with Crippen molar-refractivity contribution in [2.75, 3.05) is 0 Å². The van der Waals surface area contributed by atoms with Gasteiger partial charge in [-0.15, -0.1) is 0 Å². The minimum Gasteiger partial charge on any atom is -0.299 e. The van der Waals surface area contributed by atoms with Crippen LogP contribution in [0.1, 0.15) is 33.1 Å². The van der Waals surface area contributed by atoms with E-state index in [1.165, 1.54) is 0 Å². The third-order valence-electron chi connectivity index (χ3n) is 3.71. The van der Waals surface area contributed by atoms with Crippen molar-refractivity contribution in [1.82, 2.24) is 0 Å². The predicted octanol–water partition coefficient (Wildman–Crippen LogP) is 1.89. The summed E-state index contributed by atoms with van der Waals surface area (Å²) >= 11 is 0. The van der Waals surface area contributed by atoms with Gasteiger partial charge < -0.3 is 0 Å². The number of ketones is 2. The number of fused-ring (bicyclic) bond motifs is 1. The molecule has 0 aliphatic heterocycles. The van der Waals surface area contributed by atoms with E-state index in [1.54, 1.807) is 6.08 Å². The van der Waals surface area contributed by atoms with Crippen LogP contribution in [0.25, 0.3) is 0 Å². The number of allylic oxidation sites excluding steroid dienone is 2. The maximum Gasteiger partial charge on any atom is 0.159 e. The molecule has 1 fully saturated rings. The highest BCUT2D eigenvalue weighted by Crippen LogP contribution is 2.48. The van der Waals surface area contributed by atoms with E-state index in [0.717, 1.165) is 18.4 Å². The highest BCUT2D eigenvalue weighted by Gasteiger charge is 2.49. The average molecular weight is 178 g/mol. The molecule has 0 amide bonds. The first kappa shape index (κ1) is 8.67. The molecule has 2 unspecified atom stereocenters. The summed E-state index contributed by atoms with van der Waals surface area (Å²) in [5.74, 6) is 0.256. The van der Waals surface area contributed by atoms with Crippen molar-refractivity contribution in [3.05, 3.63) is 11.6 Å². The fraction of sp³-hybridized carbons (Fsp3) is 0.636. The van der Waals surface area contributed by atoms with Crippen LogP contribution in [0.3, 0.4) is 0 Å². The zero-order chi connectivity index (χ0) is 9.64. The smallest absolute Gasteiger partial charge is 0.159 e. The first-order valence-corrected chi connectivity index (χ1v) is 4.85. The van der Waals surface area contributed by atoms with Crippen molar-refractivity contribution in [3.8, 4) is 0 Å². The lowest BCUT2D eigenvalue weighted by Gasteiger charge is -2.34. The largest absolute Gasteiger partial charge is 0.299 e. The molecule has 2 atom stereocenters. The summed E-state index contributed by atoms with van der Waals surface area (Å²) in [6, 6.07) is 0. The zero-order valence-electron chi connectivity index (χ0n) is 8.09. The Bertz CT molecular complexity index is 314. The lowest BCUT2D eigenvalue weighted by atomic mass is 9.67. The van der Waals surface area contributed by atoms with Gasteiger partial charge in [0.05, 0.1) is 5.41 Å². The lowest BCUT2D eigenvalue weighted by molar-refractivity contribution is -0.133. The number of Topliss-reactive ketones (excluding diaryl/α,β-unsaturated/α-hetero) is 1. The van der Waals surface area contributed by atoms with Gasteiger partial charge in [0.25, 0.3) is 0 Å². The molecule has 70 valence electrons. The molecule has 2 heteroatoms. The maximum atomic E-state index is 11.8. The molecule has 0 spiro atoms. The van der Waals surface area contributed by atoms with Crippen LogP contribution in [0.15, 0.2) is 11.6 Å². The molecule has 0 aromatic heterocycles. The van der Waals surface area contributed by atoms with Gasteiger partial charge in [0.1, 0.15) is 5.78 Å². The summed E-state index contributed by atoms with van der Waals surface area (Å²) in [5.41, 5.74) is 0.622. The van der Waals surface area contributed by atoms with Crippen LogP contribution in [0, 0.1) is 11.3 Å². The fourth-order valence-electron chi connectivity index (χ4n) is 2.46. The zero-order valence-corrected chi connectivity index (χ0v) is 8.09. The number of hydrogen-bond acceptors (Lipinski definition) is 2. The van der Waals surface area contributed by atoms with Crippen molar-refractivity contribution >= 4 is 11.6 Å². The van der Waals surface area contributed by atoms with Gasteiger partial charge in [0.2, 0.25) is 0 Å². The summed E-state index contributed by atoms with van der Waals surface area (Å²) in [7, 11) is 0. The lowest BCUT2D eigenvalue weighted by Crippen LogP contribution is -2.37. The van der Waals surface area contributed by atoms with Crippen LogP contribution in [0.5, 0.6) is 0 Å². The molecule has 13 heavy (non-hydrogen) atoms. The minimum absolute atomic E-state index is 0.129. The Labute approximate surface area is 78.0 Å². The molecule has 1 saturated carbocycles. The first-order chi connectivity index (χ1) is 6.06. The van der Waals surface area contributed by atoms with Crippen LogP contribution in [0.2, 0.25) is 0 Å². The predicted molar refractivity (Wildman–Crippen MR) is 49.2 cm³/mol. The third-order valence-corrected chi connectivity index (χ3v) is 3.71. The molecular formula is C11H14O2. The second kappa shape index (κ2) is 2.53. The third kappa shape index (κ3) is 0.946. The van der Waals surface area contributed by atoms with Crippen LogP contribution in [-0.4, -0.2) is 11.6 Å². The standard InChI is InChI=1S/C11H14O2/c1-7-9(12)6-8-4-3-5-10(13)11(7,8)2/h6-7H,3-5H2,1-2H3. The summed E-state index contributed by atoms with van der Waals surface area (Å²) in [4.78, 5) is 23.2.